The molecule has 0 bridgehead atoms. The molecule has 4 rings (SSSR count). The Morgan fingerprint density at radius 1 is 0.974 bits per heavy atom. The monoisotopic (exact) mass is 591 g/mol. The van der Waals surface area contributed by atoms with Crippen molar-refractivity contribution in [2.24, 2.45) is 0 Å². The summed E-state index contributed by atoms with van der Waals surface area (Å²) in [5, 5.41) is 13.3. The third-order valence-corrected chi connectivity index (χ3v) is 7.82. The number of sulfone groups is 1. The smallest absolute Gasteiger partial charge is 0.271 e. The summed E-state index contributed by atoms with van der Waals surface area (Å²) < 4.78 is 25.6. The molecule has 0 unspecified atom stereocenters. The number of aliphatic hydroxyl groups is 1. The Balaban J connectivity index is 1.85. The minimum absolute atomic E-state index is 0.0681. The fourth-order valence-electron chi connectivity index (χ4n) is 3.76. The predicted octanol–water partition coefficient (Wildman–Crippen LogP) is 6.07. The highest BCUT2D eigenvalue weighted by Gasteiger charge is 2.25. The molecule has 0 saturated carbocycles. The van der Waals surface area contributed by atoms with Gasteiger partial charge in [0, 0.05) is 12.5 Å². The van der Waals surface area contributed by atoms with Gasteiger partial charge in [0.1, 0.15) is 11.5 Å². The van der Waals surface area contributed by atoms with Crippen LogP contribution in [0, 0.1) is 0 Å². The van der Waals surface area contributed by atoms with Crippen molar-refractivity contribution in [2.45, 2.75) is 24.3 Å². The summed E-state index contributed by atoms with van der Waals surface area (Å²) in [5.41, 5.74) is 1.48. The van der Waals surface area contributed by atoms with Crippen LogP contribution in [0.1, 0.15) is 24.3 Å². The number of hydrogen-bond donors (Lipinski definition) is 2. The minimum Gasteiger partial charge on any atom is -0.394 e. The molecule has 1 amide bonds. The quantitative estimate of drug-likeness (QED) is 0.271. The second-order valence-corrected chi connectivity index (χ2v) is 12.6. The SMILES string of the molecule is CC(C)(CO)NC(=O)c1cn(-c2ccc(-c3cccc(S(C)(=O)=O)c3)cc2Cl)c(-c2c(Cl)cccc2Cl)n1. The van der Waals surface area contributed by atoms with Crippen LogP contribution in [-0.4, -0.2) is 47.4 Å². The van der Waals surface area contributed by atoms with Crippen LogP contribution in [0.4, 0.5) is 0 Å². The van der Waals surface area contributed by atoms with Gasteiger partial charge in [-0.3, -0.25) is 9.36 Å². The van der Waals surface area contributed by atoms with Gasteiger partial charge in [-0.2, -0.15) is 0 Å². The number of hydrogen-bond acceptors (Lipinski definition) is 5. The van der Waals surface area contributed by atoms with Crippen molar-refractivity contribution in [3.63, 3.8) is 0 Å². The van der Waals surface area contributed by atoms with E-state index in [1.165, 1.54) is 12.3 Å². The van der Waals surface area contributed by atoms with E-state index < -0.39 is 21.3 Å². The maximum absolute atomic E-state index is 13.0. The van der Waals surface area contributed by atoms with E-state index in [9.17, 15) is 18.3 Å². The van der Waals surface area contributed by atoms with E-state index in [2.05, 4.69) is 10.3 Å². The van der Waals surface area contributed by atoms with E-state index in [1.54, 1.807) is 73.0 Å². The maximum Gasteiger partial charge on any atom is 0.271 e. The predicted molar refractivity (Wildman–Crippen MR) is 151 cm³/mol. The summed E-state index contributed by atoms with van der Waals surface area (Å²) in [7, 11) is -3.38. The molecule has 0 atom stereocenters. The van der Waals surface area contributed by atoms with Crippen molar-refractivity contribution < 1.29 is 18.3 Å². The molecule has 38 heavy (non-hydrogen) atoms. The first-order valence-corrected chi connectivity index (χ1v) is 14.4. The first-order chi connectivity index (χ1) is 17.8. The molecule has 4 aromatic rings. The summed E-state index contributed by atoms with van der Waals surface area (Å²) in [4.78, 5) is 17.7. The highest BCUT2D eigenvalue weighted by molar-refractivity contribution is 7.90. The molecule has 0 aliphatic carbocycles. The summed E-state index contributed by atoms with van der Waals surface area (Å²) in [6, 6.07) is 16.8. The highest BCUT2D eigenvalue weighted by atomic mass is 35.5. The highest BCUT2D eigenvalue weighted by Crippen LogP contribution is 2.37. The number of carbonyl (C=O) groups is 1. The van der Waals surface area contributed by atoms with Gasteiger partial charge in [0.05, 0.1) is 43.4 Å². The lowest BCUT2D eigenvalue weighted by atomic mass is 10.1. The Morgan fingerprint density at radius 3 is 2.21 bits per heavy atom. The average molecular weight is 593 g/mol. The van der Waals surface area contributed by atoms with E-state index >= 15 is 0 Å². The van der Waals surface area contributed by atoms with E-state index in [-0.39, 0.29) is 17.2 Å². The van der Waals surface area contributed by atoms with Crippen LogP contribution in [0.5, 0.6) is 0 Å². The van der Waals surface area contributed by atoms with Gasteiger partial charge in [-0.25, -0.2) is 13.4 Å². The van der Waals surface area contributed by atoms with Crippen molar-refractivity contribution >= 4 is 50.5 Å². The number of benzene rings is 3. The van der Waals surface area contributed by atoms with Crippen molar-refractivity contribution in [1.82, 2.24) is 14.9 Å². The van der Waals surface area contributed by atoms with Gasteiger partial charge in [-0.1, -0.05) is 59.1 Å². The van der Waals surface area contributed by atoms with E-state index in [0.29, 0.717) is 43.3 Å². The average Bonchev–Trinajstić information content (AvgIpc) is 3.28. The van der Waals surface area contributed by atoms with Gasteiger partial charge in [0.2, 0.25) is 0 Å². The molecule has 3 aromatic carbocycles. The number of nitrogens with one attached hydrogen (secondary N) is 1. The summed E-state index contributed by atoms with van der Waals surface area (Å²) in [6.45, 7) is 3.10. The molecule has 0 fully saturated rings. The number of carbonyl (C=O) groups excluding carboxylic acids is 1. The van der Waals surface area contributed by atoms with Crippen molar-refractivity contribution in [2.75, 3.05) is 12.9 Å². The van der Waals surface area contributed by atoms with Gasteiger partial charge in [0.25, 0.3) is 5.91 Å². The fourth-order valence-corrected chi connectivity index (χ4v) is 5.26. The van der Waals surface area contributed by atoms with E-state index in [4.69, 9.17) is 34.8 Å². The Bertz CT molecular complexity index is 1630. The molecule has 7 nitrogen and oxygen atoms in total. The second kappa shape index (κ2) is 10.7. The number of nitrogens with zero attached hydrogens (tertiary/aromatic N) is 2. The Morgan fingerprint density at radius 2 is 1.61 bits per heavy atom. The molecule has 0 spiro atoms. The number of aromatic nitrogens is 2. The van der Waals surface area contributed by atoms with Crippen LogP contribution in [0.2, 0.25) is 15.1 Å². The molecular formula is C27H24Cl3N3O4S. The maximum atomic E-state index is 13.0. The Labute approximate surface area is 235 Å². The third kappa shape index (κ3) is 5.90. The molecule has 2 N–H and O–H groups in total. The van der Waals surface area contributed by atoms with Gasteiger partial charge < -0.3 is 10.4 Å². The van der Waals surface area contributed by atoms with Crippen LogP contribution >= 0.6 is 34.8 Å². The zero-order valence-electron chi connectivity index (χ0n) is 20.7. The molecule has 0 aliphatic rings. The number of halogens is 3. The number of rotatable bonds is 7. The molecule has 0 aliphatic heterocycles. The topological polar surface area (TPSA) is 101 Å². The van der Waals surface area contributed by atoms with Gasteiger partial charge in [0.15, 0.2) is 9.84 Å². The summed E-state index contributed by atoms with van der Waals surface area (Å²) in [5.74, 6) is -0.209. The lowest BCUT2D eigenvalue weighted by Gasteiger charge is -2.22. The Hall–Kier alpha value is -2.88. The van der Waals surface area contributed by atoms with Gasteiger partial charge in [-0.15, -0.1) is 0 Å². The lowest BCUT2D eigenvalue weighted by Crippen LogP contribution is -2.46. The molecular weight excluding hydrogens is 569 g/mol. The van der Waals surface area contributed by atoms with Crippen molar-refractivity contribution in [3.8, 4) is 28.2 Å². The van der Waals surface area contributed by atoms with Crippen LogP contribution in [0.3, 0.4) is 0 Å². The van der Waals surface area contributed by atoms with Crippen LogP contribution in [0.15, 0.2) is 71.8 Å². The third-order valence-electron chi connectivity index (χ3n) is 5.77. The first-order valence-electron chi connectivity index (χ1n) is 11.4. The van der Waals surface area contributed by atoms with Gasteiger partial charge in [-0.05, 0) is 61.4 Å². The first kappa shape index (κ1) is 28.1. The molecule has 11 heteroatoms. The molecule has 0 radical (unpaired) electrons. The zero-order chi connectivity index (χ0) is 27.8. The minimum atomic E-state index is -3.38. The van der Waals surface area contributed by atoms with Crippen molar-refractivity contribution in [3.05, 3.63) is 87.6 Å². The second-order valence-electron chi connectivity index (χ2n) is 9.38. The standard InChI is InChI=1S/C27H24Cl3N3O4S/c1-27(2,15-34)32-26(35)22-14-33(25(31-22)24-19(28)8-5-9-20(24)29)23-11-10-17(13-21(23)30)16-6-4-7-18(12-16)38(3,36)37/h4-14,34H,15H2,1-3H3,(H,32,35). The van der Waals surface area contributed by atoms with Crippen LogP contribution in [-0.2, 0) is 9.84 Å². The number of aliphatic hydroxyl groups excluding tert-OH is 1. The Kier molecular flexibility index (Phi) is 7.93. The lowest BCUT2D eigenvalue weighted by molar-refractivity contribution is 0.0864. The summed E-state index contributed by atoms with van der Waals surface area (Å²) >= 11 is 19.7. The summed E-state index contributed by atoms with van der Waals surface area (Å²) in [6.07, 6.45) is 2.67. The van der Waals surface area contributed by atoms with E-state index in [0.717, 1.165) is 6.26 Å². The zero-order valence-corrected chi connectivity index (χ0v) is 23.8. The normalized spacial score (nSPS) is 12.0. The molecule has 198 valence electrons. The number of amides is 1. The van der Waals surface area contributed by atoms with Crippen molar-refractivity contribution in [1.29, 1.82) is 0 Å². The fraction of sp³-hybridized carbons (Fsp3) is 0.185. The largest absolute Gasteiger partial charge is 0.394 e. The molecule has 0 saturated heterocycles. The molecule has 1 heterocycles. The number of imidazole rings is 1. The van der Waals surface area contributed by atoms with E-state index in [1.807, 2.05) is 0 Å². The van der Waals surface area contributed by atoms with Crippen LogP contribution < -0.4 is 5.32 Å². The van der Waals surface area contributed by atoms with Gasteiger partial charge >= 0.3 is 0 Å². The molecule has 1 aromatic heterocycles. The van der Waals surface area contributed by atoms with Crippen LogP contribution in [0.25, 0.3) is 28.2 Å².